The van der Waals surface area contributed by atoms with Gasteiger partial charge in [0.25, 0.3) is 0 Å². The minimum atomic E-state index is 1.21. The van der Waals surface area contributed by atoms with Gasteiger partial charge >= 0.3 is 0 Å². The largest absolute Gasteiger partial charge is 0.309 e. The summed E-state index contributed by atoms with van der Waals surface area (Å²) in [6.07, 6.45) is 0. The molecule has 130 valence electrons. The molecule has 5 rings (SSSR count). The van der Waals surface area contributed by atoms with Crippen molar-refractivity contribution in [2.75, 3.05) is 0 Å². The topological polar surface area (TPSA) is 4.93 Å². The second kappa shape index (κ2) is 6.64. The van der Waals surface area contributed by atoms with Crippen molar-refractivity contribution < 1.29 is 0 Å². The Morgan fingerprint density at radius 2 is 1.19 bits per heavy atom. The molecule has 0 N–H and O–H groups in total. The normalized spacial score (nSPS) is 11.3. The summed E-state index contributed by atoms with van der Waals surface area (Å²) in [6, 6.07) is 34.7. The van der Waals surface area contributed by atoms with E-state index in [0.29, 0.717) is 0 Å². The van der Waals surface area contributed by atoms with Crippen molar-refractivity contribution in [2.45, 2.75) is 16.7 Å². The van der Waals surface area contributed by atoms with Gasteiger partial charge in [-0.2, -0.15) is 0 Å². The number of benzene rings is 4. The summed E-state index contributed by atoms with van der Waals surface area (Å²) in [5, 5.41) is 2.60. The Morgan fingerprint density at radius 3 is 1.85 bits per heavy atom. The third-order valence-electron chi connectivity index (χ3n) is 4.85. The van der Waals surface area contributed by atoms with Gasteiger partial charge in [0.1, 0.15) is 0 Å². The fourth-order valence-corrected chi connectivity index (χ4v) is 4.73. The first-order chi connectivity index (χ1) is 13.3. The highest BCUT2D eigenvalue weighted by Crippen LogP contribution is 2.35. The molecule has 27 heavy (non-hydrogen) atoms. The van der Waals surface area contributed by atoms with Gasteiger partial charge in [-0.25, -0.2) is 0 Å². The molecule has 0 aliphatic carbocycles. The van der Waals surface area contributed by atoms with E-state index >= 15 is 0 Å². The summed E-state index contributed by atoms with van der Waals surface area (Å²) in [5.41, 5.74) is 4.98. The van der Waals surface area contributed by atoms with Gasteiger partial charge in [-0.05, 0) is 55.0 Å². The molecule has 1 nitrogen and oxygen atoms in total. The number of aryl methyl sites for hydroxylation is 1. The van der Waals surface area contributed by atoms with E-state index in [9.17, 15) is 0 Å². The van der Waals surface area contributed by atoms with Crippen molar-refractivity contribution in [3.8, 4) is 5.69 Å². The Morgan fingerprint density at radius 1 is 0.593 bits per heavy atom. The maximum absolute atomic E-state index is 2.38. The predicted octanol–water partition coefficient (Wildman–Crippen LogP) is 7.24. The van der Waals surface area contributed by atoms with Gasteiger partial charge in [-0.3, -0.25) is 0 Å². The number of rotatable bonds is 3. The zero-order valence-corrected chi connectivity index (χ0v) is 15.9. The lowest BCUT2D eigenvalue weighted by Gasteiger charge is -2.11. The van der Waals surface area contributed by atoms with Gasteiger partial charge in [-0.1, -0.05) is 66.4 Å². The molecule has 0 bridgehead atoms. The van der Waals surface area contributed by atoms with E-state index in [1.54, 1.807) is 0 Å². The van der Waals surface area contributed by atoms with Crippen LogP contribution in [-0.2, 0) is 0 Å². The van der Waals surface area contributed by atoms with Crippen LogP contribution in [0.5, 0.6) is 0 Å². The second-order valence-corrected chi connectivity index (χ2v) is 7.94. The van der Waals surface area contributed by atoms with Gasteiger partial charge in [0, 0.05) is 26.3 Å². The molecule has 1 heterocycles. The lowest BCUT2D eigenvalue weighted by atomic mass is 10.2. The van der Waals surface area contributed by atoms with Crippen molar-refractivity contribution in [2.24, 2.45) is 0 Å². The van der Waals surface area contributed by atoms with E-state index in [2.05, 4.69) is 109 Å². The van der Waals surface area contributed by atoms with Crippen LogP contribution in [0.25, 0.3) is 27.5 Å². The lowest BCUT2D eigenvalue weighted by Crippen LogP contribution is -1.95. The second-order valence-electron chi connectivity index (χ2n) is 6.79. The summed E-state index contributed by atoms with van der Waals surface area (Å²) < 4.78 is 2.38. The minimum absolute atomic E-state index is 1.21. The Labute approximate surface area is 163 Å². The van der Waals surface area contributed by atoms with Crippen LogP contribution in [0.1, 0.15) is 5.56 Å². The number of aromatic nitrogens is 1. The van der Waals surface area contributed by atoms with Crippen LogP contribution in [0.3, 0.4) is 0 Å². The fraction of sp³-hybridized carbons (Fsp3) is 0.0400. The van der Waals surface area contributed by atoms with Crippen LogP contribution >= 0.6 is 11.8 Å². The number of para-hydroxylation sites is 2. The summed E-state index contributed by atoms with van der Waals surface area (Å²) in [4.78, 5) is 2.52. The SMILES string of the molecule is Cc1cc(Sc2ccccc2)cc(-n2c3ccccc3c3ccccc32)c1. The van der Waals surface area contributed by atoms with E-state index in [1.807, 2.05) is 11.8 Å². The number of hydrogen-bond acceptors (Lipinski definition) is 1. The average molecular weight is 366 g/mol. The molecule has 0 spiro atoms. The smallest absolute Gasteiger partial charge is 0.0541 e. The maximum atomic E-state index is 2.38. The van der Waals surface area contributed by atoms with E-state index in [0.717, 1.165) is 0 Å². The van der Waals surface area contributed by atoms with E-state index in [1.165, 1.54) is 42.8 Å². The highest BCUT2D eigenvalue weighted by atomic mass is 32.2. The van der Waals surface area contributed by atoms with Crippen LogP contribution in [-0.4, -0.2) is 4.57 Å². The average Bonchev–Trinajstić information content (AvgIpc) is 3.03. The molecule has 0 amide bonds. The van der Waals surface area contributed by atoms with Crippen LogP contribution in [0.2, 0.25) is 0 Å². The molecular formula is C25H19NS. The molecule has 0 saturated heterocycles. The molecule has 0 fully saturated rings. The summed E-state index contributed by atoms with van der Waals surface area (Å²) in [7, 11) is 0. The van der Waals surface area contributed by atoms with Gasteiger partial charge in [0.15, 0.2) is 0 Å². The highest BCUT2D eigenvalue weighted by Gasteiger charge is 2.12. The Balaban J connectivity index is 1.73. The Kier molecular flexibility index (Phi) is 3.99. The summed E-state index contributed by atoms with van der Waals surface area (Å²) in [6.45, 7) is 2.17. The van der Waals surface area contributed by atoms with Gasteiger partial charge in [0.05, 0.1) is 11.0 Å². The predicted molar refractivity (Wildman–Crippen MR) is 116 cm³/mol. The Hall–Kier alpha value is -2.97. The molecule has 5 aromatic rings. The molecule has 0 aliphatic rings. The van der Waals surface area contributed by atoms with Crippen LogP contribution in [0.4, 0.5) is 0 Å². The van der Waals surface area contributed by atoms with Crippen molar-refractivity contribution in [1.29, 1.82) is 0 Å². The first kappa shape index (κ1) is 16.2. The van der Waals surface area contributed by atoms with Crippen LogP contribution in [0, 0.1) is 6.92 Å². The van der Waals surface area contributed by atoms with E-state index < -0.39 is 0 Å². The maximum Gasteiger partial charge on any atom is 0.0541 e. The number of hydrogen-bond donors (Lipinski definition) is 0. The first-order valence-corrected chi connectivity index (χ1v) is 9.94. The molecule has 4 aromatic carbocycles. The fourth-order valence-electron chi connectivity index (χ4n) is 3.74. The standard InChI is InChI=1S/C25H19NS/c1-18-15-19(17-21(16-18)27-20-9-3-2-4-10-20)26-24-13-7-5-11-22(24)23-12-6-8-14-25(23)26/h2-17H,1H3. The zero-order chi connectivity index (χ0) is 18.2. The Bertz CT molecular complexity index is 1200. The molecule has 1 aromatic heterocycles. The monoisotopic (exact) mass is 365 g/mol. The van der Waals surface area contributed by atoms with Crippen molar-refractivity contribution >= 4 is 33.6 Å². The molecule has 0 unspecified atom stereocenters. The van der Waals surface area contributed by atoms with Crippen molar-refractivity contribution in [1.82, 2.24) is 4.57 Å². The summed E-state index contributed by atoms with van der Waals surface area (Å²) >= 11 is 1.81. The molecular weight excluding hydrogens is 346 g/mol. The van der Waals surface area contributed by atoms with Crippen molar-refractivity contribution in [3.05, 3.63) is 103 Å². The van der Waals surface area contributed by atoms with Crippen molar-refractivity contribution in [3.63, 3.8) is 0 Å². The molecule has 2 heteroatoms. The highest BCUT2D eigenvalue weighted by molar-refractivity contribution is 7.99. The zero-order valence-electron chi connectivity index (χ0n) is 15.1. The molecule has 0 aliphatic heterocycles. The van der Waals surface area contributed by atoms with Crippen LogP contribution < -0.4 is 0 Å². The van der Waals surface area contributed by atoms with Gasteiger partial charge in [0.2, 0.25) is 0 Å². The number of fused-ring (bicyclic) bond motifs is 3. The quantitative estimate of drug-likeness (QED) is 0.326. The third kappa shape index (κ3) is 2.92. The third-order valence-corrected chi connectivity index (χ3v) is 5.83. The molecule has 0 atom stereocenters. The van der Waals surface area contributed by atoms with Gasteiger partial charge in [-0.15, -0.1) is 0 Å². The lowest BCUT2D eigenvalue weighted by molar-refractivity contribution is 1.15. The minimum Gasteiger partial charge on any atom is -0.309 e. The summed E-state index contributed by atoms with van der Waals surface area (Å²) in [5.74, 6) is 0. The molecule has 0 saturated carbocycles. The first-order valence-electron chi connectivity index (χ1n) is 9.13. The van der Waals surface area contributed by atoms with E-state index in [4.69, 9.17) is 0 Å². The van der Waals surface area contributed by atoms with E-state index in [-0.39, 0.29) is 0 Å². The number of nitrogens with zero attached hydrogens (tertiary/aromatic N) is 1. The molecule has 0 radical (unpaired) electrons. The van der Waals surface area contributed by atoms with Crippen LogP contribution in [0.15, 0.2) is 107 Å². The van der Waals surface area contributed by atoms with Gasteiger partial charge < -0.3 is 4.57 Å².